The average molecular weight is 236 g/mol. The summed E-state index contributed by atoms with van der Waals surface area (Å²) in [6.07, 6.45) is 3.94. The van der Waals surface area contributed by atoms with E-state index >= 15 is 0 Å². The molecular formula is C13H20N2O2. The topological polar surface area (TPSA) is 71.8 Å². The number of furan rings is 1. The highest BCUT2D eigenvalue weighted by atomic mass is 16.4. The first-order chi connectivity index (χ1) is 8.09. The zero-order chi connectivity index (χ0) is 12.5. The lowest BCUT2D eigenvalue weighted by atomic mass is 9.66. The highest BCUT2D eigenvalue weighted by molar-refractivity contribution is 5.92. The summed E-state index contributed by atoms with van der Waals surface area (Å²) >= 11 is 0. The van der Waals surface area contributed by atoms with Crippen LogP contribution in [-0.2, 0) is 0 Å². The molecule has 4 heteroatoms. The predicted molar refractivity (Wildman–Crippen MR) is 66.4 cm³/mol. The Balaban J connectivity index is 2.33. The van der Waals surface area contributed by atoms with Crippen LogP contribution in [0.1, 0.15) is 45.0 Å². The monoisotopic (exact) mass is 236 g/mol. The van der Waals surface area contributed by atoms with E-state index in [1.54, 1.807) is 18.4 Å². The molecule has 4 nitrogen and oxygen atoms in total. The third-order valence-electron chi connectivity index (χ3n) is 3.94. The van der Waals surface area contributed by atoms with Gasteiger partial charge in [-0.3, -0.25) is 0 Å². The lowest BCUT2D eigenvalue weighted by molar-refractivity contribution is 0.0463. The van der Waals surface area contributed by atoms with Crippen LogP contribution in [-0.4, -0.2) is 10.8 Å². The van der Waals surface area contributed by atoms with Gasteiger partial charge in [0, 0.05) is 11.1 Å². The van der Waals surface area contributed by atoms with Crippen LogP contribution in [0.5, 0.6) is 0 Å². The first-order valence-electron chi connectivity index (χ1n) is 6.09. The number of hydrogen-bond donors (Lipinski definition) is 2. The second-order valence-electron chi connectivity index (χ2n) is 5.14. The molecule has 0 radical (unpaired) electrons. The van der Waals surface area contributed by atoms with Crippen molar-refractivity contribution >= 4 is 5.71 Å². The number of nitrogens with two attached hydrogens (primary N) is 1. The van der Waals surface area contributed by atoms with Gasteiger partial charge in [-0.15, -0.1) is 0 Å². The van der Waals surface area contributed by atoms with Crippen molar-refractivity contribution in [1.29, 1.82) is 0 Å². The van der Waals surface area contributed by atoms with E-state index in [-0.39, 0.29) is 0 Å². The van der Waals surface area contributed by atoms with Gasteiger partial charge in [-0.1, -0.05) is 20.3 Å². The minimum Gasteiger partial charge on any atom is -0.467 e. The van der Waals surface area contributed by atoms with Gasteiger partial charge >= 0.3 is 0 Å². The van der Waals surface area contributed by atoms with E-state index in [9.17, 15) is 5.11 Å². The molecule has 0 aromatic carbocycles. The summed E-state index contributed by atoms with van der Waals surface area (Å²) in [7, 11) is 0. The third kappa shape index (κ3) is 1.97. The number of aliphatic hydroxyl groups is 1. The zero-order valence-corrected chi connectivity index (χ0v) is 10.4. The molecule has 3 atom stereocenters. The maximum absolute atomic E-state index is 10.5. The van der Waals surface area contributed by atoms with Crippen LogP contribution >= 0.6 is 0 Å². The highest BCUT2D eigenvalue weighted by Gasteiger charge is 2.44. The van der Waals surface area contributed by atoms with Gasteiger partial charge in [-0.25, -0.2) is 0 Å². The SMILES string of the molecule is C[C@@H]1CCC[C@@](C)(C(O)c2ccco2)/C1=N/N. The normalized spacial score (nSPS) is 33.8. The first-order valence-corrected chi connectivity index (χ1v) is 6.09. The summed E-state index contributed by atoms with van der Waals surface area (Å²) in [4.78, 5) is 0. The fourth-order valence-electron chi connectivity index (χ4n) is 2.92. The van der Waals surface area contributed by atoms with Crippen LogP contribution in [0, 0.1) is 11.3 Å². The fraction of sp³-hybridized carbons (Fsp3) is 0.615. The van der Waals surface area contributed by atoms with E-state index in [0.717, 1.165) is 25.0 Å². The van der Waals surface area contributed by atoms with Crippen molar-refractivity contribution in [2.75, 3.05) is 0 Å². The molecule has 1 aliphatic rings. The highest BCUT2D eigenvalue weighted by Crippen LogP contribution is 2.45. The van der Waals surface area contributed by atoms with Crippen molar-refractivity contribution in [3.8, 4) is 0 Å². The molecule has 1 unspecified atom stereocenters. The van der Waals surface area contributed by atoms with Gasteiger partial charge < -0.3 is 15.4 Å². The molecule has 0 amide bonds. The Labute approximate surface area is 102 Å². The Morgan fingerprint density at radius 2 is 2.41 bits per heavy atom. The summed E-state index contributed by atoms with van der Waals surface area (Å²) in [6, 6.07) is 3.58. The predicted octanol–water partition coefficient (Wildman–Crippen LogP) is 2.45. The van der Waals surface area contributed by atoms with Crippen molar-refractivity contribution in [3.05, 3.63) is 24.2 Å². The van der Waals surface area contributed by atoms with Gasteiger partial charge in [-0.05, 0) is 30.9 Å². The summed E-state index contributed by atoms with van der Waals surface area (Å²) in [6.45, 7) is 4.12. The largest absolute Gasteiger partial charge is 0.467 e. The van der Waals surface area contributed by atoms with Crippen LogP contribution in [0.25, 0.3) is 0 Å². The number of nitrogens with zero attached hydrogens (tertiary/aromatic N) is 1. The van der Waals surface area contributed by atoms with Crippen LogP contribution in [0.3, 0.4) is 0 Å². The third-order valence-corrected chi connectivity index (χ3v) is 3.94. The van der Waals surface area contributed by atoms with E-state index in [1.165, 1.54) is 0 Å². The lowest BCUT2D eigenvalue weighted by Crippen LogP contribution is -2.42. The molecule has 1 aromatic heterocycles. The van der Waals surface area contributed by atoms with Crippen LogP contribution < -0.4 is 5.84 Å². The summed E-state index contributed by atoms with van der Waals surface area (Å²) in [5.41, 5.74) is 0.484. The molecule has 1 aromatic rings. The second-order valence-corrected chi connectivity index (χ2v) is 5.14. The van der Waals surface area contributed by atoms with Crippen molar-refractivity contribution < 1.29 is 9.52 Å². The molecule has 2 rings (SSSR count). The Hall–Kier alpha value is -1.29. The first kappa shape index (κ1) is 12.2. The van der Waals surface area contributed by atoms with Crippen molar-refractivity contribution in [2.45, 2.75) is 39.2 Å². The molecule has 0 saturated heterocycles. The number of aliphatic hydroxyl groups excluding tert-OH is 1. The minimum atomic E-state index is -0.678. The fourth-order valence-corrected chi connectivity index (χ4v) is 2.92. The van der Waals surface area contributed by atoms with Gasteiger partial charge in [0.05, 0.1) is 6.26 Å². The van der Waals surface area contributed by atoms with Gasteiger partial charge in [0.2, 0.25) is 0 Å². The number of hydrazone groups is 1. The van der Waals surface area contributed by atoms with Gasteiger partial charge in [0.25, 0.3) is 0 Å². The smallest absolute Gasteiger partial charge is 0.133 e. The summed E-state index contributed by atoms with van der Waals surface area (Å²) in [5, 5.41) is 14.4. The van der Waals surface area contributed by atoms with Crippen molar-refractivity contribution in [1.82, 2.24) is 0 Å². The Kier molecular flexibility index (Phi) is 3.24. The van der Waals surface area contributed by atoms with Gasteiger partial charge in [-0.2, -0.15) is 5.10 Å². The maximum atomic E-state index is 10.5. The molecule has 0 spiro atoms. The molecule has 1 heterocycles. The zero-order valence-electron chi connectivity index (χ0n) is 10.4. The molecule has 1 aliphatic carbocycles. The van der Waals surface area contributed by atoms with E-state index in [1.807, 2.05) is 6.92 Å². The number of rotatable bonds is 2. The van der Waals surface area contributed by atoms with Crippen LogP contribution in [0.15, 0.2) is 27.9 Å². The lowest BCUT2D eigenvalue weighted by Gasteiger charge is -2.40. The standard InChI is InChI=1S/C13H20N2O2/c1-9-5-3-7-13(2,11(9)15-14)12(16)10-6-4-8-17-10/h4,6,8-9,12,16H,3,5,7,14H2,1-2H3/b15-11+/t9-,12?,13-/m1/s1. The molecule has 3 N–H and O–H groups in total. The Morgan fingerprint density at radius 3 is 3.00 bits per heavy atom. The molecule has 1 saturated carbocycles. The van der Waals surface area contributed by atoms with E-state index < -0.39 is 11.5 Å². The minimum absolute atomic E-state index is 0.323. The van der Waals surface area contributed by atoms with Crippen LogP contribution in [0.4, 0.5) is 0 Å². The molecular weight excluding hydrogens is 216 g/mol. The Bertz CT molecular complexity index is 400. The van der Waals surface area contributed by atoms with Gasteiger partial charge in [0.1, 0.15) is 11.9 Å². The van der Waals surface area contributed by atoms with Crippen molar-refractivity contribution in [3.63, 3.8) is 0 Å². The Morgan fingerprint density at radius 1 is 1.65 bits per heavy atom. The quantitative estimate of drug-likeness (QED) is 0.612. The van der Waals surface area contributed by atoms with E-state index in [0.29, 0.717) is 11.7 Å². The number of hydrogen-bond acceptors (Lipinski definition) is 4. The van der Waals surface area contributed by atoms with Crippen LogP contribution in [0.2, 0.25) is 0 Å². The molecule has 1 fully saturated rings. The molecule has 94 valence electrons. The summed E-state index contributed by atoms with van der Waals surface area (Å²) in [5.74, 6) is 6.42. The van der Waals surface area contributed by atoms with Gasteiger partial charge in [0.15, 0.2) is 0 Å². The van der Waals surface area contributed by atoms with E-state index in [4.69, 9.17) is 10.3 Å². The summed E-state index contributed by atoms with van der Waals surface area (Å²) < 4.78 is 5.30. The maximum Gasteiger partial charge on any atom is 0.133 e. The molecule has 17 heavy (non-hydrogen) atoms. The van der Waals surface area contributed by atoms with E-state index in [2.05, 4.69) is 12.0 Å². The second kappa shape index (κ2) is 4.53. The average Bonchev–Trinajstić information content (AvgIpc) is 2.81. The van der Waals surface area contributed by atoms with Crippen molar-refractivity contribution in [2.24, 2.45) is 22.3 Å². The molecule has 0 aliphatic heterocycles. The molecule has 0 bridgehead atoms.